The number of amides is 2. The van der Waals surface area contributed by atoms with E-state index in [0.717, 1.165) is 0 Å². The van der Waals surface area contributed by atoms with Gasteiger partial charge in [-0.05, 0) is 51.1 Å². The van der Waals surface area contributed by atoms with Gasteiger partial charge in [0.25, 0.3) is 11.8 Å². The van der Waals surface area contributed by atoms with Gasteiger partial charge in [-0.2, -0.15) is 5.10 Å². The van der Waals surface area contributed by atoms with Crippen LogP contribution in [0, 0.1) is 19.7 Å². The van der Waals surface area contributed by atoms with Crippen LogP contribution in [0.25, 0.3) is 11.0 Å². The van der Waals surface area contributed by atoms with Crippen LogP contribution in [0.3, 0.4) is 0 Å². The number of ether oxygens (including phenoxy) is 1. The minimum absolute atomic E-state index is 0.341. The molecular weight excluding hydrogens is 365 g/mol. The van der Waals surface area contributed by atoms with Gasteiger partial charge in [0.15, 0.2) is 11.8 Å². The summed E-state index contributed by atoms with van der Waals surface area (Å²) in [6.07, 6.45) is -0.898. The van der Waals surface area contributed by atoms with Crippen LogP contribution in [0.15, 0.2) is 30.3 Å². The van der Waals surface area contributed by atoms with Crippen LogP contribution >= 0.6 is 0 Å². The predicted octanol–water partition coefficient (Wildman–Crippen LogP) is 1.95. The zero-order valence-corrected chi connectivity index (χ0v) is 15.9. The van der Waals surface area contributed by atoms with E-state index >= 15 is 0 Å². The molecule has 1 unspecified atom stereocenters. The molecule has 3 rings (SSSR count). The lowest BCUT2D eigenvalue weighted by molar-refractivity contribution is -0.128. The highest BCUT2D eigenvalue weighted by atomic mass is 19.1. The lowest BCUT2D eigenvalue weighted by Gasteiger charge is -2.15. The topological polar surface area (TPSA) is 98.1 Å². The predicted molar refractivity (Wildman–Crippen MR) is 100 cm³/mol. The number of rotatable bonds is 4. The van der Waals surface area contributed by atoms with Crippen molar-refractivity contribution in [2.24, 2.45) is 7.05 Å². The summed E-state index contributed by atoms with van der Waals surface area (Å²) >= 11 is 0. The van der Waals surface area contributed by atoms with E-state index in [1.807, 2.05) is 0 Å². The van der Waals surface area contributed by atoms with Crippen molar-refractivity contribution in [3.8, 4) is 5.75 Å². The van der Waals surface area contributed by atoms with Gasteiger partial charge in [0, 0.05) is 12.7 Å². The van der Waals surface area contributed by atoms with E-state index in [-0.39, 0.29) is 0 Å². The van der Waals surface area contributed by atoms with Crippen molar-refractivity contribution in [1.82, 2.24) is 25.6 Å². The normalized spacial score (nSPS) is 11.9. The molecule has 0 aliphatic heterocycles. The van der Waals surface area contributed by atoms with Crippen molar-refractivity contribution in [3.63, 3.8) is 0 Å². The summed E-state index contributed by atoms with van der Waals surface area (Å²) < 4.78 is 20.0. The Hall–Kier alpha value is -3.49. The molecule has 1 aromatic carbocycles. The summed E-state index contributed by atoms with van der Waals surface area (Å²) in [5.41, 5.74) is 6.99. The lowest BCUT2D eigenvalue weighted by Crippen LogP contribution is -2.47. The van der Waals surface area contributed by atoms with Gasteiger partial charge in [0.2, 0.25) is 0 Å². The molecule has 0 aliphatic rings. The maximum absolute atomic E-state index is 12.9. The molecule has 28 heavy (non-hydrogen) atoms. The molecular formula is C19H20FN5O3. The first kappa shape index (κ1) is 19.3. The van der Waals surface area contributed by atoms with Gasteiger partial charge in [-0.1, -0.05) is 0 Å². The van der Waals surface area contributed by atoms with E-state index in [0.29, 0.717) is 33.7 Å². The van der Waals surface area contributed by atoms with E-state index in [2.05, 4.69) is 20.9 Å². The smallest absolute Gasteiger partial charge is 0.279 e. The number of nitrogens with one attached hydrogen (secondary N) is 2. The Bertz CT molecular complexity index is 1050. The van der Waals surface area contributed by atoms with Crippen molar-refractivity contribution in [2.45, 2.75) is 26.9 Å². The molecule has 3 aromatic rings. The number of hydrogen-bond acceptors (Lipinski definition) is 5. The Morgan fingerprint density at radius 1 is 1.18 bits per heavy atom. The molecule has 2 amide bonds. The fourth-order valence-corrected chi connectivity index (χ4v) is 2.81. The Kier molecular flexibility index (Phi) is 5.25. The third-order valence-electron chi connectivity index (χ3n) is 4.14. The van der Waals surface area contributed by atoms with Crippen molar-refractivity contribution < 1.29 is 18.7 Å². The van der Waals surface area contributed by atoms with Gasteiger partial charge in [0.05, 0.1) is 16.6 Å². The average Bonchev–Trinajstić information content (AvgIpc) is 2.94. The number of fused-ring (bicyclic) bond motifs is 1. The largest absolute Gasteiger partial charge is 0.481 e. The van der Waals surface area contributed by atoms with Gasteiger partial charge >= 0.3 is 0 Å². The third-order valence-corrected chi connectivity index (χ3v) is 4.14. The van der Waals surface area contributed by atoms with Crippen LogP contribution in [0.1, 0.15) is 28.7 Å². The molecule has 0 saturated heterocycles. The number of aryl methyl sites for hydroxylation is 3. The monoisotopic (exact) mass is 385 g/mol. The number of hydrogen-bond donors (Lipinski definition) is 2. The second-order valence-corrected chi connectivity index (χ2v) is 6.38. The standard InChI is InChI=1S/C19H20FN5O3/c1-10-9-15(16-11(2)24-25(4)17(16)21-10)19(27)23-22-18(26)12(3)28-14-7-5-13(20)6-8-14/h5-9,12H,1-4H3,(H,22,26)(H,23,27). The Labute approximate surface area is 160 Å². The van der Waals surface area contributed by atoms with Crippen LogP contribution in [-0.2, 0) is 11.8 Å². The summed E-state index contributed by atoms with van der Waals surface area (Å²) in [7, 11) is 1.75. The summed E-state index contributed by atoms with van der Waals surface area (Å²) in [4.78, 5) is 29.2. The zero-order valence-electron chi connectivity index (χ0n) is 15.9. The summed E-state index contributed by atoms with van der Waals surface area (Å²) in [5, 5.41) is 4.91. The van der Waals surface area contributed by atoms with Crippen molar-refractivity contribution in [2.75, 3.05) is 0 Å². The number of halogens is 1. The highest BCUT2D eigenvalue weighted by Gasteiger charge is 2.20. The summed E-state index contributed by atoms with van der Waals surface area (Å²) in [6, 6.07) is 6.93. The molecule has 2 heterocycles. The quantitative estimate of drug-likeness (QED) is 0.669. The second-order valence-electron chi connectivity index (χ2n) is 6.38. The maximum atomic E-state index is 12.9. The molecule has 8 nitrogen and oxygen atoms in total. The number of carbonyl (C=O) groups is 2. The fourth-order valence-electron chi connectivity index (χ4n) is 2.81. The lowest BCUT2D eigenvalue weighted by atomic mass is 10.1. The van der Waals surface area contributed by atoms with Crippen LogP contribution in [0.2, 0.25) is 0 Å². The van der Waals surface area contributed by atoms with Crippen LogP contribution < -0.4 is 15.6 Å². The molecule has 2 aromatic heterocycles. The van der Waals surface area contributed by atoms with Crippen molar-refractivity contribution in [1.29, 1.82) is 0 Å². The second kappa shape index (κ2) is 7.63. The summed E-state index contributed by atoms with van der Waals surface area (Å²) in [5.74, 6) is -1.11. The maximum Gasteiger partial charge on any atom is 0.279 e. The number of hydrazine groups is 1. The fraction of sp³-hybridized carbons (Fsp3) is 0.263. The first-order valence-corrected chi connectivity index (χ1v) is 8.59. The Morgan fingerprint density at radius 2 is 1.86 bits per heavy atom. The van der Waals surface area contributed by atoms with E-state index in [1.165, 1.54) is 31.2 Å². The minimum Gasteiger partial charge on any atom is -0.481 e. The van der Waals surface area contributed by atoms with Gasteiger partial charge in [-0.3, -0.25) is 25.1 Å². The van der Waals surface area contributed by atoms with E-state index in [9.17, 15) is 14.0 Å². The van der Waals surface area contributed by atoms with Crippen LogP contribution in [0.5, 0.6) is 5.75 Å². The van der Waals surface area contributed by atoms with Crippen molar-refractivity contribution >= 4 is 22.8 Å². The van der Waals surface area contributed by atoms with Crippen molar-refractivity contribution in [3.05, 3.63) is 53.1 Å². The summed E-state index contributed by atoms with van der Waals surface area (Å²) in [6.45, 7) is 5.08. The highest BCUT2D eigenvalue weighted by molar-refractivity contribution is 6.07. The first-order chi connectivity index (χ1) is 13.3. The first-order valence-electron chi connectivity index (χ1n) is 8.59. The molecule has 1 atom stereocenters. The third kappa shape index (κ3) is 3.93. The Balaban J connectivity index is 1.69. The number of nitrogens with zero attached hydrogens (tertiary/aromatic N) is 3. The number of carbonyl (C=O) groups excluding carboxylic acids is 2. The van der Waals surface area contributed by atoms with E-state index < -0.39 is 23.7 Å². The van der Waals surface area contributed by atoms with Gasteiger partial charge in [-0.15, -0.1) is 0 Å². The van der Waals surface area contributed by atoms with Gasteiger partial charge < -0.3 is 4.74 Å². The van der Waals surface area contributed by atoms with E-state index in [4.69, 9.17) is 4.74 Å². The van der Waals surface area contributed by atoms with Gasteiger partial charge in [-0.25, -0.2) is 9.37 Å². The van der Waals surface area contributed by atoms with Crippen LogP contribution in [0.4, 0.5) is 4.39 Å². The highest BCUT2D eigenvalue weighted by Crippen LogP contribution is 2.21. The minimum atomic E-state index is -0.898. The molecule has 0 aliphatic carbocycles. The van der Waals surface area contributed by atoms with Gasteiger partial charge in [0.1, 0.15) is 11.6 Å². The average molecular weight is 385 g/mol. The molecule has 0 bridgehead atoms. The molecule has 9 heteroatoms. The van der Waals surface area contributed by atoms with Crippen LogP contribution in [-0.4, -0.2) is 32.7 Å². The SMILES string of the molecule is Cc1cc(C(=O)NNC(=O)C(C)Oc2ccc(F)cc2)c2c(C)nn(C)c2n1. The Morgan fingerprint density at radius 3 is 2.54 bits per heavy atom. The number of aromatic nitrogens is 3. The molecule has 0 spiro atoms. The van der Waals surface area contributed by atoms with E-state index in [1.54, 1.807) is 31.6 Å². The molecule has 0 saturated carbocycles. The molecule has 2 N–H and O–H groups in total. The molecule has 146 valence electrons. The zero-order chi connectivity index (χ0) is 20.4. The molecule has 0 radical (unpaired) electrons. The molecule has 0 fully saturated rings. The number of benzene rings is 1. The number of pyridine rings is 1.